The Morgan fingerprint density at radius 3 is 2.69 bits per heavy atom. The van der Waals surface area contributed by atoms with Crippen molar-refractivity contribution in [1.29, 1.82) is 0 Å². The summed E-state index contributed by atoms with van der Waals surface area (Å²) in [6.45, 7) is 0.432. The summed E-state index contributed by atoms with van der Waals surface area (Å²) in [5, 5.41) is 13.2. The number of hydrogen-bond donors (Lipinski definition) is 2. The van der Waals surface area contributed by atoms with Crippen molar-refractivity contribution in [3.8, 4) is 0 Å². The number of nitrogens with one attached hydrogen (secondary N) is 1. The first-order chi connectivity index (χ1) is 15.5. The van der Waals surface area contributed by atoms with E-state index in [1.54, 1.807) is 0 Å². The summed E-state index contributed by atoms with van der Waals surface area (Å²) in [5.74, 6) is -1.31. The van der Waals surface area contributed by atoms with Gasteiger partial charge in [-0.25, -0.2) is 19.3 Å². The first-order valence-electron chi connectivity index (χ1n) is 10.5. The van der Waals surface area contributed by atoms with Crippen molar-refractivity contribution in [2.24, 2.45) is 5.92 Å². The lowest BCUT2D eigenvalue weighted by molar-refractivity contribution is -0.130. The van der Waals surface area contributed by atoms with E-state index in [9.17, 15) is 24.3 Å². The molecule has 3 atom stereocenters. The predicted molar refractivity (Wildman–Crippen MR) is 109 cm³/mol. The Kier molecular flexibility index (Phi) is 6.24. The van der Waals surface area contributed by atoms with Crippen LogP contribution in [-0.4, -0.2) is 61.8 Å². The number of fused-ring (bicyclic) bond motifs is 1. The van der Waals surface area contributed by atoms with Gasteiger partial charge in [-0.1, -0.05) is 41.9 Å². The van der Waals surface area contributed by atoms with E-state index in [4.69, 9.17) is 4.74 Å². The second-order valence-electron chi connectivity index (χ2n) is 7.97. The number of aryl methyl sites for hydroxylation is 1. The number of aromatic amines is 1. The molecule has 2 fully saturated rings. The van der Waals surface area contributed by atoms with Crippen LogP contribution >= 0.6 is 0 Å². The van der Waals surface area contributed by atoms with Crippen LogP contribution in [0, 0.1) is 5.92 Å². The number of benzene rings is 1. The van der Waals surface area contributed by atoms with Gasteiger partial charge >= 0.3 is 17.9 Å². The second kappa shape index (κ2) is 9.25. The molecule has 3 amide bonds. The zero-order chi connectivity index (χ0) is 22.7. The van der Waals surface area contributed by atoms with E-state index in [1.807, 2.05) is 30.3 Å². The van der Waals surface area contributed by atoms with Gasteiger partial charge in [-0.3, -0.25) is 14.3 Å². The van der Waals surface area contributed by atoms with Crippen LogP contribution in [-0.2, 0) is 22.6 Å². The van der Waals surface area contributed by atoms with Crippen LogP contribution in [0.3, 0.4) is 0 Å². The zero-order valence-corrected chi connectivity index (χ0v) is 17.3. The van der Waals surface area contributed by atoms with Gasteiger partial charge in [-0.2, -0.15) is 0 Å². The number of carbonyl (C=O) groups is 3. The molecule has 0 bridgehead atoms. The number of carboxylic acid groups (broad SMARTS) is 1. The van der Waals surface area contributed by atoms with Gasteiger partial charge in [-0.05, 0) is 24.8 Å². The molecule has 2 aliphatic heterocycles. The number of aromatic nitrogens is 2. The van der Waals surface area contributed by atoms with Gasteiger partial charge in [0, 0.05) is 13.0 Å². The Balaban J connectivity index is 1.40. The molecule has 11 heteroatoms. The van der Waals surface area contributed by atoms with Crippen molar-refractivity contribution < 1.29 is 28.8 Å². The molecule has 170 valence electrons. The highest BCUT2D eigenvalue weighted by Gasteiger charge is 2.57. The number of likely N-dealkylation sites (tertiary alicyclic amines) is 2. The molecule has 11 nitrogen and oxygen atoms in total. The first-order valence-corrected chi connectivity index (χ1v) is 10.5. The number of hydrogen-bond acceptors (Lipinski definition) is 7. The summed E-state index contributed by atoms with van der Waals surface area (Å²) >= 11 is 0. The Labute approximate surface area is 182 Å². The monoisotopic (exact) mass is 444 g/mol. The minimum absolute atomic E-state index is 0.102. The molecule has 4 rings (SSSR count). The van der Waals surface area contributed by atoms with E-state index in [0.29, 0.717) is 44.5 Å². The van der Waals surface area contributed by atoms with E-state index in [-0.39, 0.29) is 6.61 Å². The van der Waals surface area contributed by atoms with Crippen LogP contribution < -0.4 is 5.76 Å². The summed E-state index contributed by atoms with van der Waals surface area (Å²) < 4.78 is 9.90. The van der Waals surface area contributed by atoms with Crippen molar-refractivity contribution in [3.63, 3.8) is 0 Å². The molecule has 0 unspecified atom stereocenters. The predicted octanol–water partition coefficient (Wildman–Crippen LogP) is 1.99. The fourth-order valence-electron chi connectivity index (χ4n) is 4.62. The number of amides is 3. The van der Waals surface area contributed by atoms with Gasteiger partial charge in [0.2, 0.25) is 5.91 Å². The van der Waals surface area contributed by atoms with Gasteiger partial charge in [0.15, 0.2) is 5.82 Å². The van der Waals surface area contributed by atoms with Crippen LogP contribution in [0.25, 0.3) is 0 Å². The Morgan fingerprint density at radius 1 is 1.22 bits per heavy atom. The molecule has 3 heterocycles. The largest absolute Gasteiger partial charge is 0.465 e. The van der Waals surface area contributed by atoms with Crippen LogP contribution in [0.5, 0.6) is 0 Å². The number of carbonyl (C=O) groups excluding carboxylic acids is 2. The maximum Gasteiger partial charge on any atom is 0.438 e. The Hall–Kier alpha value is -3.63. The van der Waals surface area contributed by atoms with E-state index in [0.717, 1.165) is 10.5 Å². The number of rotatable bonds is 7. The summed E-state index contributed by atoms with van der Waals surface area (Å²) in [5.41, 5.74) is 0.841. The number of nitrogens with zero attached hydrogens (tertiary/aromatic N) is 3. The molecule has 0 saturated carbocycles. The molecule has 2 N–H and O–H groups in total. The normalized spacial score (nSPS) is 22.2. The smallest absolute Gasteiger partial charge is 0.438 e. The molecule has 2 saturated heterocycles. The van der Waals surface area contributed by atoms with Crippen molar-refractivity contribution in [2.45, 2.75) is 50.8 Å². The molecular formula is C21H24N4O7. The van der Waals surface area contributed by atoms with Crippen LogP contribution in [0.15, 0.2) is 39.6 Å². The van der Waals surface area contributed by atoms with E-state index < -0.39 is 41.9 Å². The van der Waals surface area contributed by atoms with Gasteiger partial charge in [0.25, 0.3) is 0 Å². The molecule has 32 heavy (non-hydrogen) atoms. The maximum atomic E-state index is 12.9. The summed E-state index contributed by atoms with van der Waals surface area (Å²) in [6.07, 6.45) is 0.628. The third-order valence-corrected chi connectivity index (χ3v) is 6.03. The van der Waals surface area contributed by atoms with Crippen molar-refractivity contribution >= 4 is 18.1 Å². The first kappa shape index (κ1) is 21.6. The number of ether oxygens (including phenoxy) is 1. The van der Waals surface area contributed by atoms with Gasteiger partial charge < -0.3 is 14.7 Å². The minimum atomic E-state index is -1.30. The van der Waals surface area contributed by atoms with Gasteiger partial charge in [0.05, 0.1) is 18.0 Å². The molecule has 0 radical (unpaired) electrons. The third-order valence-electron chi connectivity index (χ3n) is 6.03. The number of imide groups is 1. The van der Waals surface area contributed by atoms with Crippen molar-refractivity contribution in [3.05, 3.63) is 52.3 Å². The fourth-order valence-corrected chi connectivity index (χ4v) is 4.62. The summed E-state index contributed by atoms with van der Waals surface area (Å²) in [7, 11) is 0. The highest BCUT2D eigenvalue weighted by Crippen LogP contribution is 2.39. The highest BCUT2D eigenvalue weighted by molar-refractivity contribution is 5.96. The lowest BCUT2D eigenvalue weighted by Gasteiger charge is -2.26. The number of H-pyrrole nitrogens is 1. The fraction of sp³-hybridized carbons (Fsp3) is 0.476. The molecule has 2 aliphatic rings. The molecule has 2 aromatic rings. The van der Waals surface area contributed by atoms with Crippen LogP contribution in [0.1, 0.15) is 37.1 Å². The molecule has 0 aliphatic carbocycles. The lowest BCUT2D eigenvalue weighted by atomic mass is 9.93. The SMILES string of the molecule is O=C(OCc1ccccc1)N1CC[C@H]2[C@H]1[C@@H](CCCCc1noc(=O)[nH]1)C(=O)N2C(=O)O. The van der Waals surface area contributed by atoms with E-state index >= 15 is 0 Å². The average molecular weight is 444 g/mol. The average Bonchev–Trinajstić information content (AvgIpc) is 3.45. The molecule has 1 aromatic carbocycles. The maximum absolute atomic E-state index is 12.9. The quantitative estimate of drug-likeness (QED) is 0.617. The lowest BCUT2D eigenvalue weighted by Crippen LogP contribution is -2.43. The second-order valence-corrected chi connectivity index (χ2v) is 7.97. The Bertz CT molecular complexity index is 1030. The molecule has 0 spiro atoms. The third kappa shape index (κ3) is 4.36. The zero-order valence-electron chi connectivity index (χ0n) is 17.3. The van der Waals surface area contributed by atoms with E-state index in [1.165, 1.54) is 4.90 Å². The minimum Gasteiger partial charge on any atom is -0.465 e. The topological polar surface area (TPSA) is 146 Å². The standard InChI is InChI=1S/C21H24N4O7/c26-18-14(8-4-5-9-16-22-19(27)32-23-16)17-15(25(18)20(28)29)10-11-24(17)21(30)31-12-13-6-2-1-3-7-13/h1-3,6-7,14-15,17H,4-5,8-12H2,(H,28,29)(H,22,23,27)/t14-,15+,17-/m1/s1. The van der Waals surface area contributed by atoms with Crippen molar-refractivity contribution in [1.82, 2.24) is 19.9 Å². The molecule has 1 aromatic heterocycles. The van der Waals surface area contributed by atoms with E-state index in [2.05, 4.69) is 14.7 Å². The van der Waals surface area contributed by atoms with Crippen LogP contribution in [0.2, 0.25) is 0 Å². The number of unbranched alkanes of at least 4 members (excludes halogenated alkanes) is 1. The van der Waals surface area contributed by atoms with Gasteiger partial charge in [0.1, 0.15) is 6.61 Å². The summed E-state index contributed by atoms with van der Waals surface area (Å²) in [4.78, 5) is 53.2. The Morgan fingerprint density at radius 2 is 2.00 bits per heavy atom. The van der Waals surface area contributed by atoms with Crippen molar-refractivity contribution in [2.75, 3.05) is 6.54 Å². The highest BCUT2D eigenvalue weighted by atomic mass is 16.6. The summed E-state index contributed by atoms with van der Waals surface area (Å²) in [6, 6.07) is 8.13. The molecular weight excluding hydrogens is 420 g/mol. The van der Waals surface area contributed by atoms with Crippen LogP contribution in [0.4, 0.5) is 9.59 Å². The van der Waals surface area contributed by atoms with Gasteiger partial charge in [-0.15, -0.1) is 0 Å².